The highest BCUT2D eigenvalue weighted by Crippen LogP contribution is 2.20. The lowest BCUT2D eigenvalue weighted by Gasteiger charge is -2.21. The van der Waals surface area contributed by atoms with E-state index in [1.54, 1.807) is 23.0 Å². The van der Waals surface area contributed by atoms with Crippen LogP contribution in [0.2, 0.25) is 0 Å². The summed E-state index contributed by atoms with van der Waals surface area (Å²) in [5.41, 5.74) is 7.21. The van der Waals surface area contributed by atoms with E-state index in [1.165, 1.54) is 12.4 Å². The largest absolute Gasteiger partial charge is 0.368 e. The Balaban J connectivity index is 1.57. The molecule has 1 fully saturated rings. The lowest BCUT2D eigenvalue weighted by atomic mass is 10.1. The van der Waals surface area contributed by atoms with Gasteiger partial charge < -0.3 is 15.5 Å². The smallest absolute Gasteiger partial charge is 0.272 e. The van der Waals surface area contributed by atoms with Crippen LogP contribution in [0.5, 0.6) is 0 Å². The summed E-state index contributed by atoms with van der Waals surface area (Å²) in [6.45, 7) is 3.71. The Hall–Kier alpha value is -2.97. The van der Waals surface area contributed by atoms with Gasteiger partial charge in [-0.15, -0.1) is 0 Å². The summed E-state index contributed by atoms with van der Waals surface area (Å²) >= 11 is 0. The molecular formula is C16H21N7O2. The number of nitrogens with zero attached hydrogens (tertiary/aromatic N) is 5. The van der Waals surface area contributed by atoms with Crippen LogP contribution in [0.25, 0.3) is 0 Å². The summed E-state index contributed by atoms with van der Waals surface area (Å²) in [4.78, 5) is 36.0. The van der Waals surface area contributed by atoms with Crippen LogP contribution >= 0.6 is 0 Å². The molecule has 2 aromatic heterocycles. The zero-order valence-electron chi connectivity index (χ0n) is 14.3. The Bertz CT molecular complexity index is 771. The first-order valence-corrected chi connectivity index (χ1v) is 8.08. The first kappa shape index (κ1) is 16.9. The van der Waals surface area contributed by atoms with Gasteiger partial charge in [0.1, 0.15) is 5.69 Å². The third kappa shape index (κ3) is 3.59. The van der Waals surface area contributed by atoms with Gasteiger partial charge in [-0.05, 0) is 24.8 Å². The first-order valence-electron chi connectivity index (χ1n) is 8.08. The van der Waals surface area contributed by atoms with Gasteiger partial charge in [-0.2, -0.15) is 5.10 Å². The van der Waals surface area contributed by atoms with Crippen molar-refractivity contribution < 1.29 is 9.59 Å². The zero-order chi connectivity index (χ0) is 18.0. The van der Waals surface area contributed by atoms with Gasteiger partial charge in [0.25, 0.3) is 11.8 Å². The van der Waals surface area contributed by atoms with E-state index in [4.69, 9.17) is 5.73 Å². The highest BCUT2D eigenvalue weighted by Gasteiger charge is 2.30. The molecule has 1 aliphatic heterocycles. The maximum Gasteiger partial charge on any atom is 0.272 e. The molecule has 3 N–H and O–H groups in total. The van der Waals surface area contributed by atoms with E-state index < -0.39 is 0 Å². The average molecular weight is 343 g/mol. The summed E-state index contributed by atoms with van der Waals surface area (Å²) in [5.74, 6) is 0.168. The number of hydrogen-bond acceptors (Lipinski definition) is 6. The summed E-state index contributed by atoms with van der Waals surface area (Å²) in [5, 5.41) is 6.65. The molecule has 1 aliphatic rings. The lowest BCUT2D eigenvalue weighted by Crippen LogP contribution is -2.34. The summed E-state index contributed by atoms with van der Waals surface area (Å²) in [7, 11) is 1.74. The molecule has 1 atom stereocenters. The number of likely N-dealkylation sites (tertiary alicyclic amines) is 1. The van der Waals surface area contributed by atoms with Crippen molar-refractivity contribution in [2.75, 3.05) is 32.4 Å². The minimum atomic E-state index is -0.158. The van der Waals surface area contributed by atoms with Gasteiger partial charge >= 0.3 is 0 Å². The third-order valence-corrected chi connectivity index (χ3v) is 4.41. The van der Waals surface area contributed by atoms with Gasteiger partial charge in [0, 0.05) is 39.1 Å². The molecule has 2 amide bonds. The molecule has 0 aliphatic carbocycles. The predicted octanol–water partition coefficient (Wildman–Crippen LogP) is 0.325. The van der Waals surface area contributed by atoms with E-state index in [2.05, 4.69) is 20.2 Å². The van der Waals surface area contributed by atoms with Crippen molar-refractivity contribution in [3.8, 4) is 0 Å². The van der Waals surface area contributed by atoms with Crippen molar-refractivity contribution in [2.45, 2.75) is 13.3 Å². The molecule has 1 unspecified atom stereocenters. The normalized spacial score (nSPS) is 16.9. The van der Waals surface area contributed by atoms with Crippen molar-refractivity contribution >= 4 is 17.8 Å². The van der Waals surface area contributed by atoms with Crippen molar-refractivity contribution in [2.24, 2.45) is 5.92 Å². The Labute approximate surface area is 145 Å². The Morgan fingerprint density at radius 2 is 2.08 bits per heavy atom. The number of anilines is 1. The molecule has 2 aromatic rings. The molecule has 132 valence electrons. The van der Waals surface area contributed by atoms with E-state index in [0.29, 0.717) is 30.9 Å². The molecular weight excluding hydrogens is 322 g/mol. The van der Waals surface area contributed by atoms with E-state index in [-0.39, 0.29) is 23.7 Å². The first-order chi connectivity index (χ1) is 12.0. The SMILES string of the molecule is Cc1cn[nH]c1C(=O)N1CCC(CN(C)C(=O)c2cnc(N)nc2)C1. The van der Waals surface area contributed by atoms with Crippen molar-refractivity contribution in [1.29, 1.82) is 0 Å². The molecule has 9 heteroatoms. The van der Waals surface area contributed by atoms with Crippen LogP contribution in [0.1, 0.15) is 32.8 Å². The standard InChI is InChI=1S/C16H21N7O2/c1-10-5-20-21-13(10)15(25)23-4-3-11(9-23)8-22(2)14(24)12-6-18-16(17)19-7-12/h5-7,11H,3-4,8-9H2,1-2H3,(H,20,21)(H2,17,18,19). The number of aromatic nitrogens is 4. The Kier molecular flexibility index (Phi) is 4.64. The van der Waals surface area contributed by atoms with Crippen LogP contribution in [0.15, 0.2) is 18.6 Å². The fourth-order valence-electron chi connectivity index (χ4n) is 3.03. The average Bonchev–Trinajstić information content (AvgIpc) is 3.23. The summed E-state index contributed by atoms with van der Waals surface area (Å²) < 4.78 is 0. The topological polar surface area (TPSA) is 121 Å². The number of carbonyl (C=O) groups excluding carboxylic acids is 2. The quantitative estimate of drug-likeness (QED) is 0.825. The maximum absolute atomic E-state index is 12.5. The van der Waals surface area contributed by atoms with Crippen LogP contribution in [-0.2, 0) is 0 Å². The monoisotopic (exact) mass is 343 g/mol. The van der Waals surface area contributed by atoms with Gasteiger partial charge in [-0.25, -0.2) is 9.97 Å². The maximum atomic E-state index is 12.5. The molecule has 0 spiro atoms. The fraction of sp³-hybridized carbons (Fsp3) is 0.438. The van der Waals surface area contributed by atoms with E-state index in [9.17, 15) is 9.59 Å². The van der Waals surface area contributed by atoms with Crippen LogP contribution in [0.3, 0.4) is 0 Å². The number of amides is 2. The van der Waals surface area contributed by atoms with Crippen molar-refractivity contribution in [1.82, 2.24) is 30.0 Å². The molecule has 3 rings (SSSR count). The highest BCUT2D eigenvalue weighted by molar-refractivity contribution is 5.94. The van der Waals surface area contributed by atoms with Crippen molar-refractivity contribution in [3.05, 3.63) is 35.4 Å². The molecule has 0 bridgehead atoms. The van der Waals surface area contributed by atoms with Crippen LogP contribution in [-0.4, -0.2) is 68.5 Å². The van der Waals surface area contributed by atoms with Gasteiger partial charge in [-0.3, -0.25) is 14.7 Å². The molecule has 0 aromatic carbocycles. The second-order valence-corrected chi connectivity index (χ2v) is 6.35. The number of carbonyl (C=O) groups is 2. The number of nitrogen functional groups attached to an aromatic ring is 1. The van der Waals surface area contributed by atoms with Crippen LogP contribution in [0, 0.1) is 12.8 Å². The Morgan fingerprint density at radius 3 is 2.72 bits per heavy atom. The number of aromatic amines is 1. The molecule has 0 saturated carbocycles. The molecule has 25 heavy (non-hydrogen) atoms. The minimum absolute atomic E-state index is 0.0431. The number of rotatable bonds is 4. The number of H-pyrrole nitrogens is 1. The zero-order valence-corrected chi connectivity index (χ0v) is 14.3. The van der Waals surface area contributed by atoms with Crippen molar-refractivity contribution in [3.63, 3.8) is 0 Å². The van der Waals surface area contributed by atoms with Crippen LogP contribution in [0.4, 0.5) is 5.95 Å². The van der Waals surface area contributed by atoms with Crippen LogP contribution < -0.4 is 5.73 Å². The minimum Gasteiger partial charge on any atom is -0.368 e. The number of nitrogens with two attached hydrogens (primary N) is 1. The van der Waals surface area contributed by atoms with Gasteiger partial charge in [0.15, 0.2) is 0 Å². The number of aryl methyl sites for hydroxylation is 1. The third-order valence-electron chi connectivity index (χ3n) is 4.41. The second-order valence-electron chi connectivity index (χ2n) is 6.35. The molecule has 3 heterocycles. The second kappa shape index (κ2) is 6.88. The van der Waals surface area contributed by atoms with E-state index in [0.717, 1.165) is 12.0 Å². The lowest BCUT2D eigenvalue weighted by molar-refractivity contribution is 0.0755. The Morgan fingerprint density at radius 1 is 1.36 bits per heavy atom. The van der Waals surface area contributed by atoms with Gasteiger partial charge in [-0.1, -0.05) is 0 Å². The summed E-state index contributed by atoms with van der Waals surface area (Å²) in [6, 6.07) is 0. The highest BCUT2D eigenvalue weighted by atomic mass is 16.2. The molecule has 9 nitrogen and oxygen atoms in total. The fourth-order valence-corrected chi connectivity index (χ4v) is 3.03. The van der Waals surface area contributed by atoms with Gasteiger partial charge in [0.2, 0.25) is 5.95 Å². The van der Waals surface area contributed by atoms with E-state index in [1.807, 2.05) is 6.92 Å². The summed E-state index contributed by atoms with van der Waals surface area (Å²) in [6.07, 6.45) is 5.34. The number of hydrogen-bond donors (Lipinski definition) is 2. The molecule has 0 radical (unpaired) electrons. The van der Waals surface area contributed by atoms with Gasteiger partial charge in [0.05, 0.1) is 11.8 Å². The van der Waals surface area contributed by atoms with E-state index >= 15 is 0 Å². The number of nitrogens with one attached hydrogen (secondary N) is 1. The predicted molar refractivity (Wildman–Crippen MR) is 90.7 cm³/mol. The molecule has 1 saturated heterocycles.